The first-order chi connectivity index (χ1) is 11.2. The van der Waals surface area contributed by atoms with Crippen molar-refractivity contribution in [3.8, 4) is 5.69 Å². The second-order valence-corrected chi connectivity index (χ2v) is 6.75. The first-order valence-corrected chi connectivity index (χ1v) is 9.14. The van der Waals surface area contributed by atoms with Crippen molar-refractivity contribution in [2.45, 2.75) is 18.4 Å². The molecule has 23 heavy (non-hydrogen) atoms. The smallest absolute Gasteiger partial charge is 0.223 e. The minimum Gasteiger partial charge on any atom is -0.302 e. The Kier molecular flexibility index (Phi) is 5.09. The average molecular weight is 344 g/mol. The number of thiazole rings is 1. The van der Waals surface area contributed by atoms with Crippen LogP contribution in [-0.4, -0.2) is 20.7 Å². The van der Waals surface area contributed by atoms with Gasteiger partial charge in [0.2, 0.25) is 5.91 Å². The predicted octanol–water partition coefficient (Wildman–Crippen LogP) is 3.72. The molecule has 0 atom stereocenters. The van der Waals surface area contributed by atoms with E-state index in [4.69, 9.17) is 0 Å². The zero-order valence-electron chi connectivity index (χ0n) is 12.6. The Balaban J connectivity index is 1.52. The third kappa shape index (κ3) is 4.43. The van der Waals surface area contributed by atoms with Gasteiger partial charge in [0, 0.05) is 30.0 Å². The van der Waals surface area contributed by atoms with Crippen LogP contribution in [0, 0.1) is 0 Å². The van der Waals surface area contributed by atoms with E-state index in [1.165, 1.54) is 18.3 Å². The van der Waals surface area contributed by atoms with Gasteiger partial charge in [-0.15, -0.1) is 23.1 Å². The fourth-order valence-corrected chi connectivity index (χ4v) is 3.69. The van der Waals surface area contributed by atoms with Gasteiger partial charge in [-0.05, 0) is 18.2 Å². The molecule has 0 saturated heterocycles. The quantitative estimate of drug-likeness (QED) is 0.740. The fourth-order valence-electron chi connectivity index (χ4n) is 2.00. The molecule has 118 valence electrons. The first kappa shape index (κ1) is 15.8. The normalized spacial score (nSPS) is 10.7. The van der Waals surface area contributed by atoms with E-state index >= 15 is 0 Å². The standard InChI is InChI=1S/C16H16N4OS2/c1-12(21)17-16-18-14(11-23-16)10-22-9-13-7-8-20(19-13)15-5-3-2-4-6-15/h2-8,11H,9-10H2,1H3,(H,17,18,21). The summed E-state index contributed by atoms with van der Waals surface area (Å²) in [7, 11) is 0. The maximum absolute atomic E-state index is 11.0. The number of carbonyl (C=O) groups excluding carboxylic acids is 1. The summed E-state index contributed by atoms with van der Waals surface area (Å²) >= 11 is 3.21. The van der Waals surface area contributed by atoms with Crippen molar-refractivity contribution in [2.75, 3.05) is 5.32 Å². The van der Waals surface area contributed by atoms with Crippen LogP contribution >= 0.6 is 23.1 Å². The van der Waals surface area contributed by atoms with E-state index in [1.54, 1.807) is 11.8 Å². The highest BCUT2D eigenvalue weighted by Gasteiger charge is 2.05. The van der Waals surface area contributed by atoms with Gasteiger partial charge < -0.3 is 5.32 Å². The molecule has 2 heterocycles. The Morgan fingerprint density at radius 1 is 1.22 bits per heavy atom. The molecule has 0 spiro atoms. The molecule has 3 rings (SSSR count). The van der Waals surface area contributed by atoms with E-state index in [-0.39, 0.29) is 5.91 Å². The minimum atomic E-state index is -0.0926. The van der Waals surface area contributed by atoms with Crippen molar-refractivity contribution in [1.29, 1.82) is 0 Å². The number of carbonyl (C=O) groups is 1. The van der Waals surface area contributed by atoms with Crippen LogP contribution in [0.15, 0.2) is 48.0 Å². The van der Waals surface area contributed by atoms with Crippen LogP contribution in [-0.2, 0) is 16.3 Å². The van der Waals surface area contributed by atoms with Gasteiger partial charge in [-0.3, -0.25) is 4.79 Å². The van der Waals surface area contributed by atoms with E-state index in [9.17, 15) is 4.79 Å². The van der Waals surface area contributed by atoms with E-state index in [0.717, 1.165) is 28.6 Å². The summed E-state index contributed by atoms with van der Waals surface area (Å²) in [6.07, 6.45) is 1.98. The molecule has 0 bridgehead atoms. The maximum Gasteiger partial charge on any atom is 0.223 e. The number of aromatic nitrogens is 3. The topological polar surface area (TPSA) is 59.8 Å². The zero-order valence-corrected chi connectivity index (χ0v) is 14.2. The monoisotopic (exact) mass is 344 g/mol. The third-order valence-corrected chi connectivity index (χ3v) is 4.81. The average Bonchev–Trinajstić information content (AvgIpc) is 3.18. The Labute approximate surface area is 142 Å². The van der Waals surface area contributed by atoms with Crippen molar-refractivity contribution >= 4 is 34.1 Å². The number of benzene rings is 1. The van der Waals surface area contributed by atoms with Gasteiger partial charge in [0.1, 0.15) is 0 Å². The molecule has 1 aromatic carbocycles. The van der Waals surface area contributed by atoms with Crippen molar-refractivity contribution in [3.05, 3.63) is 59.4 Å². The van der Waals surface area contributed by atoms with Gasteiger partial charge >= 0.3 is 0 Å². The second kappa shape index (κ2) is 7.43. The van der Waals surface area contributed by atoms with Crippen LogP contribution in [0.1, 0.15) is 18.3 Å². The highest BCUT2D eigenvalue weighted by molar-refractivity contribution is 7.97. The molecule has 0 aliphatic carbocycles. The van der Waals surface area contributed by atoms with E-state index < -0.39 is 0 Å². The summed E-state index contributed by atoms with van der Waals surface area (Å²) in [5.74, 6) is 1.53. The summed E-state index contributed by atoms with van der Waals surface area (Å²) in [4.78, 5) is 15.4. The number of hydrogen-bond acceptors (Lipinski definition) is 5. The number of nitrogens with zero attached hydrogens (tertiary/aromatic N) is 3. The van der Waals surface area contributed by atoms with E-state index in [0.29, 0.717) is 5.13 Å². The molecular formula is C16H16N4OS2. The molecule has 7 heteroatoms. The van der Waals surface area contributed by atoms with Gasteiger partial charge in [0.15, 0.2) is 5.13 Å². The highest BCUT2D eigenvalue weighted by Crippen LogP contribution is 2.21. The number of anilines is 1. The number of thioether (sulfide) groups is 1. The fraction of sp³-hybridized carbons (Fsp3) is 0.188. The lowest BCUT2D eigenvalue weighted by atomic mass is 10.3. The molecule has 0 saturated carbocycles. The summed E-state index contributed by atoms with van der Waals surface area (Å²) in [5.41, 5.74) is 3.07. The summed E-state index contributed by atoms with van der Waals surface area (Å²) in [6, 6.07) is 12.1. The Morgan fingerprint density at radius 3 is 2.78 bits per heavy atom. The Morgan fingerprint density at radius 2 is 2.00 bits per heavy atom. The number of nitrogens with one attached hydrogen (secondary N) is 1. The molecule has 0 aliphatic rings. The molecule has 3 aromatic rings. The number of para-hydroxylation sites is 1. The van der Waals surface area contributed by atoms with Gasteiger partial charge in [-0.25, -0.2) is 9.67 Å². The lowest BCUT2D eigenvalue weighted by Gasteiger charge is -2.00. The molecule has 0 aliphatic heterocycles. The molecule has 1 amide bonds. The van der Waals surface area contributed by atoms with Crippen molar-refractivity contribution in [1.82, 2.24) is 14.8 Å². The largest absolute Gasteiger partial charge is 0.302 e. The number of hydrogen-bond donors (Lipinski definition) is 1. The van der Waals surface area contributed by atoms with Gasteiger partial charge in [-0.2, -0.15) is 5.10 Å². The SMILES string of the molecule is CC(=O)Nc1nc(CSCc2ccn(-c3ccccc3)n2)cs1. The van der Waals surface area contributed by atoms with Crippen LogP contribution in [0.3, 0.4) is 0 Å². The predicted molar refractivity (Wildman–Crippen MR) is 95.0 cm³/mol. The lowest BCUT2D eigenvalue weighted by molar-refractivity contribution is -0.114. The summed E-state index contributed by atoms with van der Waals surface area (Å²) in [6.45, 7) is 1.49. The van der Waals surface area contributed by atoms with Crippen LogP contribution in [0.25, 0.3) is 5.69 Å². The number of rotatable bonds is 6. The first-order valence-electron chi connectivity index (χ1n) is 7.10. The number of amides is 1. The lowest BCUT2D eigenvalue weighted by Crippen LogP contribution is -2.05. The second-order valence-electron chi connectivity index (χ2n) is 4.91. The summed E-state index contributed by atoms with van der Waals surface area (Å²) in [5, 5.41) is 9.90. The molecule has 5 nitrogen and oxygen atoms in total. The van der Waals surface area contributed by atoms with Gasteiger partial charge in [-0.1, -0.05) is 18.2 Å². The third-order valence-electron chi connectivity index (χ3n) is 3.00. The van der Waals surface area contributed by atoms with Crippen LogP contribution in [0.4, 0.5) is 5.13 Å². The highest BCUT2D eigenvalue weighted by atomic mass is 32.2. The minimum absolute atomic E-state index is 0.0926. The van der Waals surface area contributed by atoms with Crippen molar-refractivity contribution in [3.63, 3.8) is 0 Å². The van der Waals surface area contributed by atoms with Gasteiger partial charge in [0.25, 0.3) is 0 Å². The molecule has 2 aromatic heterocycles. The maximum atomic E-state index is 11.0. The van der Waals surface area contributed by atoms with Gasteiger partial charge in [0.05, 0.1) is 17.1 Å². The van der Waals surface area contributed by atoms with Crippen LogP contribution in [0.5, 0.6) is 0 Å². The van der Waals surface area contributed by atoms with Crippen LogP contribution < -0.4 is 5.32 Å². The molecular weight excluding hydrogens is 328 g/mol. The van der Waals surface area contributed by atoms with E-state index in [1.807, 2.05) is 52.7 Å². The molecule has 0 radical (unpaired) electrons. The van der Waals surface area contributed by atoms with Crippen molar-refractivity contribution in [2.24, 2.45) is 0 Å². The molecule has 1 N–H and O–H groups in total. The molecule has 0 unspecified atom stereocenters. The Bertz CT molecular complexity index is 782. The Hall–Kier alpha value is -2.12. The van der Waals surface area contributed by atoms with Crippen LogP contribution in [0.2, 0.25) is 0 Å². The zero-order chi connectivity index (χ0) is 16.1. The van der Waals surface area contributed by atoms with Crippen molar-refractivity contribution < 1.29 is 4.79 Å². The summed E-state index contributed by atoms with van der Waals surface area (Å²) < 4.78 is 1.88. The molecule has 0 fully saturated rings. The van der Waals surface area contributed by atoms with E-state index in [2.05, 4.69) is 15.4 Å².